The van der Waals surface area contributed by atoms with Gasteiger partial charge in [0.1, 0.15) is 25.3 Å². The zero-order valence-electron chi connectivity index (χ0n) is 17.2. The number of amidine groups is 1. The number of nitrogens with two attached hydrogens (primary N) is 2. The lowest BCUT2D eigenvalue weighted by atomic mass is 9.60. The molecular weight excluding hydrogens is 370 g/mol. The number of carbonyl (C=O) groups excluding carboxylic acids is 2. The minimum Gasteiger partial charge on any atom is -0.460 e. The fraction of sp³-hybridized carbons (Fsp3) is 0.833. The van der Waals surface area contributed by atoms with Gasteiger partial charge in [0.25, 0.3) is 0 Å². The summed E-state index contributed by atoms with van der Waals surface area (Å²) in [5.41, 5.74) is 8.05. The lowest BCUT2D eigenvalue weighted by Gasteiger charge is -2.47. The molecule has 7 N–H and O–H groups in total. The summed E-state index contributed by atoms with van der Waals surface area (Å²) in [4.78, 5) is 23.7. The third kappa shape index (κ3) is 4.71. The van der Waals surface area contributed by atoms with E-state index in [0.29, 0.717) is 37.1 Å². The molecule has 9 nitrogen and oxygen atoms in total. The summed E-state index contributed by atoms with van der Waals surface area (Å²) in [5, 5.41) is 9.15. The highest BCUT2D eigenvalue weighted by Crippen LogP contribution is 2.69. The fourth-order valence-electron chi connectivity index (χ4n) is 5.11. The molecule has 0 aromatic carbocycles. The normalized spacial score (nSPS) is 36.7. The van der Waals surface area contributed by atoms with E-state index in [1.807, 2.05) is 0 Å². The topological polar surface area (TPSA) is 144 Å². The molecule has 0 aromatic heterocycles. The first-order valence-electron chi connectivity index (χ1n) is 10.4. The molecule has 0 aromatic rings. The first-order chi connectivity index (χ1) is 13.7. The zero-order valence-corrected chi connectivity index (χ0v) is 17.2. The minimum absolute atomic E-state index is 0.0273. The van der Waals surface area contributed by atoms with Gasteiger partial charge in [0, 0.05) is 13.3 Å². The Morgan fingerprint density at radius 1 is 1.45 bits per heavy atom. The van der Waals surface area contributed by atoms with Gasteiger partial charge in [-0.1, -0.05) is 18.2 Å². The maximum absolute atomic E-state index is 12.7. The van der Waals surface area contributed by atoms with Crippen molar-refractivity contribution >= 4 is 32.8 Å². The maximum Gasteiger partial charge on any atom is 0.323 e. The number of rotatable bonds is 8. The van der Waals surface area contributed by atoms with Crippen LogP contribution >= 0.6 is 0 Å². The quantitative estimate of drug-likeness (QED) is 0.0881. The van der Waals surface area contributed by atoms with Crippen LogP contribution in [0.4, 0.5) is 0 Å². The molecule has 157 valence electrons. The summed E-state index contributed by atoms with van der Waals surface area (Å²) in [6.45, 7) is 3.49. The van der Waals surface area contributed by atoms with Crippen LogP contribution in [0.15, 0.2) is 5.10 Å². The van der Waals surface area contributed by atoms with Crippen LogP contribution in [0, 0.1) is 11.8 Å². The standard InChI is InChI=1S/C18H31B2N6O3/c1-10(9-23-11(2)27)29-16(28)14-8-13-7-12(3-4-15(21)25-26-22)5-6-17(13)18(19,20-17)24-14/h10,12-14,24,26H,3-9,22H2,1-2H3,(H2,21,25)(H,23,27). The molecule has 29 heavy (non-hydrogen) atoms. The summed E-state index contributed by atoms with van der Waals surface area (Å²) in [6.07, 6.45) is 5.04. The summed E-state index contributed by atoms with van der Waals surface area (Å²) >= 11 is 0. The highest BCUT2D eigenvalue weighted by atomic mass is 16.5. The van der Waals surface area contributed by atoms with Gasteiger partial charge >= 0.3 is 5.97 Å². The molecule has 1 aliphatic carbocycles. The van der Waals surface area contributed by atoms with Gasteiger partial charge in [-0.25, -0.2) is 11.4 Å². The fourth-order valence-corrected chi connectivity index (χ4v) is 5.11. The van der Waals surface area contributed by atoms with E-state index in [4.69, 9.17) is 24.2 Å². The van der Waals surface area contributed by atoms with Crippen molar-refractivity contribution in [1.29, 1.82) is 0 Å². The third-order valence-corrected chi connectivity index (χ3v) is 6.68. The molecule has 2 saturated heterocycles. The van der Waals surface area contributed by atoms with Crippen LogP contribution < -0.4 is 27.7 Å². The number of hydrogen-bond acceptors (Lipinski definition) is 7. The molecule has 2 heterocycles. The Morgan fingerprint density at radius 2 is 2.21 bits per heavy atom. The van der Waals surface area contributed by atoms with Crippen LogP contribution in [-0.2, 0) is 14.3 Å². The van der Waals surface area contributed by atoms with E-state index in [-0.39, 0.29) is 17.2 Å². The summed E-state index contributed by atoms with van der Waals surface area (Å²) in [6, 6.07) is -0.441. The molecule has 3 fully saturated rings. The molecule has 2 aliphatic heterocycles. The van der Waals surface area contributed by atoms with Gasteiger partial charge in [-0.3, -0.25) is 9.59 Å². The molecule has 3 rings (SSSR count). The number of esters is 1. The van der Waals surface area contributed by atoms with Crippen molar-refractivity contribution < 1.29 is 14.3 Å². The number of hydrazine groups is 1. The van der Waals surface area contributed by atoms with Crippen molar-refractivity contribution in [3.63, 3.8) is 0 Å². The van der Waals surface area contributed by atoms with E-state index in [1.54, 1.807) is 6.92 Å². The lowest BCUT2D eigenvalue weighted by Crippen LogP contribution is -2.55. The Bertz CT molecular complexity index is 680. The van der Waals surface area contributed by atoms with E-state index in [1.165, 1.54) is 6.92 Å². The number of hydrogen-bond donors (Lipinski definition) is 5. The number of carbonyl (C=O) groups is 2. The smallest absolute Gasteiger partial charge is 0.323 e. The van der Waals surface area contributed by atoms with Gasteiger partial charge in [0.15, 0.2) is 0 Å². The first kappa shape index (κ1) is 22.0. The number of nitrogens with one attached hydrogen (secondary N) is 3. The molecule has 6 atom stereocenters. The van der Waals surface area contributed by atoms with E-state index in [0.717, 1.165) is 25.7 Å². The Balaban J connectivity index is 1.56. The van der Waals surface area contributed by atoms with Crippen molar-refractivity contribution in [2.45, 2.75) is 75.2 Å². The van der Waals surface area contributed by atoms with Crippen molar-refractivity contribution in [3.05, 3.63) is 0 Å². The number of nitrogens with zero attached hydrogens (tertiary/aromatic N) is 1. The number of ether oxygens (including phenoxy) is 1. The lowest BCUT2D eigenvalue weighted by molar-refractivity contribution is -0.152. The highest BCUT2D eigenvalue weighted by Gasteiger charge is 2.71. The molecular formula is C18H31B2N6O3. The van der Waals surface area contributed by atoms with Crippen LogP contribution in [0.2, 0.25) is 5.31 Å². The molecule has 1 spiro atoms. The maximum atomic E-state index is 12.7. The Morgan fingerprint density at radius 3 is 2.90 bits per heavy atom. The summed E-state index contributed by atoms with van der Waals surface area (Å²) in [7, 11) is 8.74. The number of hydrazone groups is 1. The summed E-state index contributed by atoms with van der Waals surface area (Å²) in [5.74, 6) is 6.06. The predicted molar refractivity (Wildman–Crippen MR) is 112 cm³/mol. The second-order valence-electron chi connectivity index (χ2n) is 8.78. The van der Waals surface area contributed by atoms with E-state index in [9.17, 15) is 9.59 Å². The van der Waals surface area contributed by atoms with Crippen LogP contribution in [0.1, 0.15) is 52.4 Å². The third-order valence-electron chi connectivity index (χ3n) is 6.68. The second kappa shape index (κ2) is 8.55. The van der Waals surface area contributed by atoms with Crippen LogP contribution in [0.3, 0.4) is 0 Å². The van der Waals surface area contributed by atoms with Gasteiger partial charge in [0.2, 0.25) is 5.91 Å². The van der Waals surface area contributed by atoms with Crippen molar-refractivity contribution in [2.75, 3.05) is 6.54 Å². The Kier molecular flexibility index (Phi) is 6.48. The predicted octanol–water partition coefficient (Wildman–Crippen LogP) is -0.953. The number of amides is 1. The Hall–Kier alpha value is -1.74. The zero-order chi connectivity index (χ0) is 21.2. The van der Waals surface area contributed by atoms with Gasteiger partial charge in [-0.2, -0.15) is 5.10 Å². The van der Waals surface area contributed by atoms with Gasteiger partial charge in [-0.15, -0.1) is 0 Å². The van der Waals surface area contributed by atoms with E-state index < -0.39 is 17.5 Å². The van der Waals surface area contributed by atoms with Crippen LogP contribution in [0.5, 0.6) is 0 Å². The van der Waals surface area contributed by atoms with Crippen molar-refractivity contribution in [2.24, 2.45) is 28.5 Å². The molecule has 6 unspecified atom stereocenters. The molecule has 3 radical (unpaired) electrons. The van der Waals surface area contributed by atoms with E-state index in [2.05, 4.69) is 28.5 Å². The van der Waals surface area contributed by atoms with Crippen molar-refractivity contribution in [1.82, 2.24) is 16.2 Å². The van der Waals surface area contributed by atoms with Gasteiger partial charge < -0.3 is 21.1 Å². The average Bonchev–Trinajstić information content (AvgIpc) is 3.27. The molecule has 0 bridgehead atoms. The van der Waals surface area contributed by atoms with Crippen LogP contribution in [-0.4, -0.2) is 56.9 Å². The summed E-state index contributed by atoms with van der Waals surface area (Å²) < 4.78 is 5.53. The largest absolute Gasteiger partial charge is 0.460 e. The minimum atomic E-state index is -0.602. The van der Waals surface area contributed by atoms with Crippen LogP contribution in [0.25, 0.3) is 0 Å². The number of piperidine rings is 1. The second-order valence-corrected chi connectivity index (χ2v) is 8.78. The molecule has 11 heteroatoms. The monoisotopic (exact) mass is 401 g/mol. The molecule has 3 aliphatic rings. The first-order valence-corrected chi connectivity index (χ1v) is 10.4. The van der Waals surface area contributed by atoms with E-state index >= 15 is 0 Å². The highest BCUT2D eigenvalue weighted by molar-refractivity contribution is 6.72. The van der Waals surface area contributed by atoms with Gasteiger partial charge in [0.05, 0.1) is 14.4 Å². The Labute approximate surface area is 174 Å². The molecule has 1 saturated carbocycles. The SMILES string of the molecule is [B]C12[B]C13CCC(CC/C(N)=N/NN)CC3CC(C(=O)OC(C)CNC(C)=O)N2. The van der Waals surface area contributed by atoms with Gasteiger partial charge in [-0.05, 0) is 43.4 Å². The molecule has 1 amide bonds. The van der Waals surface area contributed by atoms with Crippen molar-refractivity contribution in [3.8, 4) is 0 Å². The average molecular weight is 401 g/mol.